The van der Waals surface area contributed by atoms with E-state index in [0.29, 0.717) is 31.3 Å². The van der Waals surface area contributed by atoms with Crippen LogP contribution in [0.2, 0.25) is 0 Å². The van der Waals surface area contributed by atoms with Gasteiger partial charge in [0.2, 0.25) is 0 Å². The molecule has 0 spiro atoms. The first-order valence-electron chi connectivity index (χ1n) is 14.2. The molecule has 37 heavy (non-hydrogen) atoms. The largest absolute Gasteiger partial charge is 0.375 e. The predicted molar refractivity (Wildman–Crippen MR) is 148 cm³/mol. The van der Waals surface area contributed by atoms with E-state index < -0.39 is 5.67 Å². The molecule has 5 heteroatoms. The molecule has 2 saturated heterocycles. The van der Waals surface area contributed by atoms with E-state index in [2.05, 4.69) is 64.2 Å². The van der Waals surface area contributed by atoms with Gasteiger partial charge in [-0.1, -0.05) is 61.2 Å². The van der Waals surface area contributed by atoms with E-state index in [1.165, 1.54) is 36.1 Å². The average Bonchev–Trinajstić information content (AvgIpc) is 3.73. The van der Waals surface area contributed by atoms with Gasteiger partial charge in [0.1, 0.15) is 12.0 Å². The Kier molecular flexibility index (Phi) is 8.41. The van der Waals surface area contributed by atoms with Crippen molar-refractivity contribution in [2.24, 2.45) is 5.92 Å². The zero-order valence-corrected chi connectivity index (χ0v) is 22.1. The maximum absolute atomic E-state index is 15.5. The minimum Gasteiger partial charge on any atom is -0.375 e. The van der Waals surface area contributed by atoms with Crippen LogP contribution in [0, 0.1) is 5.92 Å². The summed E-state index contributed by atoms with van der Waals surface area (Å²) in [7, 11) is 0. The van der Waals surface area contributed by atoms with Gasteiger partial charge >= 0.3 is 0 Å². The number of alkyl halides is 1. The Morgan fingerprint density at radius 3 is 2.41 bits per heavy atom. The predicted octanol–water partition coefficient (Wildman–Crippen LogP) is 5.95. The fourth-order valence-corrected chi connectivity index (χ4v) is 6.13. The highest BCUT2D eigenvalue weighted by molar-refractivity contribution is 5.74. The molecule has 5 rings (SSSR count). The van der Waals surface area contributed by atoms with Gasteiger partial charge in [0.25, 0.3) is 0 Å². The summed E-state index contributed by atoms with van der Waals surface area (Å²) in [6.07, 6.45) is 7.86. The van der Waals surface area contributed by atoms with Crippen LogP contribution >= 0.6 is 0 Å². The first-order valence-corrected chi connectivity index (χ1v) is 14.2. The Bertz CT molecular complexity index is 1020. The minimum absolute atomic E-state index is 0.428. The molecule has 2 aromatic rings. The summed E-state index contributed by atoms with van der Waals surface area (Å²) in [6.45, 7) is 9.62. The van der Waals surface area contributed by atoms with Crippen molar-refractivity contribution in [3.05, 3.63) is 83.6 Å². The molecule has 1 saturated carbocycles. The van der Waals surface area contributed by atoms with Crippen LogP contribution in [0.15, 0.2) is 66.9 Å². The third-order valence-electron chi connectivity index (χ3n) is 8.88. The first-order chi connectivity index (χ1) is 18.0. The number of allylic oxidation sites excluding steroid dienone is 1. The molecule has 2 aliphatic heterocycles. The molecule has 198 valence electrons. The molecule has 0 amide bonds. The molecule has 2 atom stereocenters. The fraction of sp³-hybridized carbons (Fsp3) is 0.531. The first kappa shape index (κ1) is 26.1. The second-order valence-corrected chi connectivity index (χ2v) is 11.6. The minimum atomic E-state index is -1.10. The van der Waals surface area contributed by atoms with E-state index >= 15 is 4.39 Å². The van der Waals surface area contributed by atoms with E-state index in [1.807, 2.05) is 12.1 Å². The lowest BCUT2D eigenvalue weighted by Crippen LogP contribution is -2.47. The van der Waals surface area contributed by atoms with E-state index in [9.17, 15) is 4.79 Å². The molecular weight excluding hydrogens is 461 g/mol. The van der Waals surface area contributed by atoms with Crippen LogP contribution in [0.1, 0.15) is 72.3 Å². The highest BCUT2D eigenvalue weighted by Crippen LogP contribution is 2.41. The number of aldehydes is 1. The molecule has 4 nitrogen and oxygen atoms in total. The molecule has 0 aromatic heterocycles. The molecule has 3 aliphatic rings. The fourth-order valence-electron chi connectivity index (χ4n) is 6.13. The van der Waals surface area contributed by atoms with Crippen molar-refractivity contribution in [1.29, 1.82) is 0 Å². The number of halogens is 1. The summed E-state index contributed by atoms with van der Waals surface area (Å²) in [5.74, 6) is 1.29. The number of benzene rings is 2. The summed E-state index contributed by atoms with van der Waals surface area (Å²) in [5, 5.41) is 3.52. The highest BCUT2D eigenvalue weighted by Gasteiger charge is 2.41. The van der Waals surface area contributed by atoms with E-state index in [4.69, 9.17) is 0 Å². The smallest absolute Gasteiger partial charge is 0.150 e. The number of hydrogen-bond donors (Lipinski definition) is 1. The Hall–Kier alpha value is -2.50. The van der Waals surface area contributed by atoms with Gasteiger partial charge in [-0.05, 0) is 62.2 Å². The number of likely N-dealkylation sites (tertiary alicyclic amines) is 2. The van der Waals surface area contributed by atoms with Gasteiger partial charge in [0.05, 0.1) is 0 Å². The number of nitrogens with one attached hydrogen (secondary N) is 1. The summed E-state index contributed by atoms with van der Waals surface area (Å²) in [6, 6.07) is 19.0. The summed E-state index contributed by atoms with van der Waals surface area (Å²) in [4.78, 5) is 15.7. The zero-order chi connectivity index (χ0) is 25.7. The van der Waals surface area contributed by atoms with Crippen LogP contribution in [-0.2, 0) is 6.54 Å². The van der Waals surface area contributed by atoms with Crippen molar-refractivity contribution in [3.63, 3.8) is 0 Å². The van der Waals surface area contributed by atoms with Crippen molar-refractivity contribution in [2.75, 3.05) is 32.7 Å². The SMILES string of the molecule is C=C(CCC1CCN(Cc2ccc(C=O)cc2)CC1)N1CCC(F)(CNC2CC2c2ccccc2)CC1. The molecule has 2 heterocycles. The van der Waals surface area contributed by atoms with Crippen LogP contribution in [0.3, 0.4) is 0 Å². The maximum atomic E-state index is 15.5. The van der Waals surface area contributed by atoms with Crippen LogP contribution in [0.5, 0.6) is 0 Å². The summed E-state index contributed by atoms with van der Waals surface area (Å²) in [5.41, 5.74) is 3.48. The summed E-state index contributed by atoms with van der Waals surface area (Å²) < 4.78 is 15.5. The monoisotopic (exact) mass is 503 g/mol. The van der Waals surface area contributed by atoms with E-state index in [0.717, 1.165) is 63.3 Å². The molecule has 1 aliphatic carbocycles. The lowest BCUT2D eigenvalue weighted by molar-refractivity contribution is 0.0694. The Labute approximate surface area is 221 Å². The second-order valence-electron chi connectivity index (χ2n) is 11.6. The van der Waals surface area contributed by atoms with Crippen molar-refractivity contribution in [1.82, 2.24) is 15.1 Å². The van der Waals surface area contributed by atoms with E-state index in [1.54, 1.807) is 0 Å². The van der Waals surface area contributed by atoms with Gasteiger partial charge in [-0.2, -0.15) is 0 Å². The van der Waals surface area contributed by atoms with Crippen molar-refractivity contribution in [3.8, 4) is 0 Å². The van der Waals surface area contributed by atoms with Crippen molar-refractivity contribution >= 4 is 6.29 Å². The summed E-state index contributed by atoms with van der Waals surface area (Å²) >= 11 is 0. The average molecular weight is 504 g/mol. The van der Waals surface area contributed by atoms with Crippen LogP contribution < -0.4 is 5.32 Å². The van der Waals surface area contributed by atoms with Gasteiger partial charge in [0, 0.05) is 62.2 Å². The lowest BCUT2D eigenvalue weighted by atomic mass is 9.90. The molecule has 3 fully saturated rings. The number of hydrogen-bond acceptors (Lipinski definition) is 4. The zero-order valence-electron chi connectivity index (χ0n) is 22.1. The van der Waals surface area contributed by atoms with Gasteiger partial charge in [-0.3, -0.25) is 9.69 Å². The van der Waals surface area contributed by atoms with Crippen molar-refractivity contribution in [2.45, 2.75) is 69.1 Å². The van der Waals surface area contributed by atoms with Crippen LogP contribution in [-0.4, -0.2) is 60.5 Å². The quantitative estimate of drug-likeness (QED) is 0.384. The normalized spacial score (nSPS) is 24.1. The molecule has 2 aromatic carbocycles. The third kappa shape index (κ3) is 7.08. The number of rotatable bonds is 11. The Morgan fingerprint density at radius 1 is 1.03 bits per heavy atom. The number of carbonyl (C=O) groups is 1. The van der Waals surface area contributed by atoms with Gasteiger partial charge < -0.3 is 10.2 Å². The maximum Gasteiger partial charge on any atom is 0.150 e. The standard InChI is InChI=1S/C32H42FN3O/c1-25(7-8-26-13-17-35(18-14-26)22-27-9-11-28(23-37)12-10-27)36-19-15-32(33,16-20-36)24-34-31-21-30(31)29-5-3-2-4-6-29/h2-6,9-12,23,26,30-31,34H,1,7-8,13-22,24H2. The number of carbonyl (C=O) groups excluding carboxylic acids is 1. The number of piperidine rings is 2. The third-order valence-corrected chi connectivity index (χ3v) is 8.88. The highest BCUT2D eigenvalue weighted by atomic mass is 19.1. The van der Waals surface area contributed by atoms with Gasteiger partial charge in [-0.15, -0.1) is 0 Å². The van der Waals surface area contributed by atoms with E-state index in [-0.39, 0.29) is 0 Å². The van der Waals surface area contributed by atoms with Crippen molar-refractivity contribution < 1.29 is 9.18 Å². The number of nitrogens with zero attached hydrogens (tertiary/aromatic N) is 2. The molecule has 1 N–H and O–H groups in total. The molecular formula is C32H42FN3O. The lowest BCUT2D eigenvalue weighted by Gasteiger charge is -2.39. The molecule has 2 unspecified atom stereocenters. The van der Waals surface area contributed by atoms with Gasteiger partial charge in [-0.25, -0.2) is 4.39 Å². The van der Waals surface area contributed by atoms with Gasteiger partial charge in [0.15, 0.2) is 0 Å². The Morgan fingerprint density at radius 2 is 1.73 bits per heavy atom. The molecule has 0 bridgehead atoms. The van der Waals surface area contributed by atoms with Crippen LogP contribution in [0.4, 0.5) is 4.39 Å². The second kappa shape index (κ2) is 11.9. The molecule has 0 radical (unpaired) electrons. The van der Waals surface area contributed by atoms with Crippen LogP contribution in [0.25, 0.3) is 0 Å². The topological polar surface area (TPSA) is 35.6 Å². The Balaban J connectivity index is 0.965.